The van der Waals surface area contributed by atoms with Crippen LogP contribution in [0.2, 0.25) is 0 Å². The van der Waals surface area contributed by atoms with E-state index >= 15 is 0 Å². The lowest BCUT2D eigenvalue weighted by molar-refractivity contribution is 0.626. The van der Waals surface area contributed by atoms with Crippen LogP contribution in [0.25, 0.3) is 0 Å². The van der Waals surface area contributed by atoms with Gasteiger partial charge in [-0.15, -0.1) is 0 Å². The van der Waals surface area contributed by atoms with Gasteiger partial charge in [-0.1, -0.05) is 18.2 Å². The molecule has 1 aromatic carbocycles. The Balaban J connectivity index is 2.39. The monoisotopic (exact) mass is 191 g/mol. The van der Waals surface area contributed by atoms with E-state index in [0.717, 1.165) is 19.5 Å². The standard InChI is InChI=1S/C11H17N3/c12-6-11(13)10-3-1-2-8-7-14-5-4-9(8)10/h1-3,11,14H,4-7,12-13H2. The number of benzene rings is 1. The summed E-state index contributed by atoms with van der Waals surface area (Å²) in [7, 11) is 0. The second-order valence-electron chi connectivity index (χ2n) is 3.75. The minimum Gasteiger partial charge on any atom is -0.329 e. The van der Waals surface area contributed by atoms with Crippen LogP contribution in [0.3, 0.4) is 0 Å². The van der Waals surface area contributed by atoms with Crippen molar-refractivity contribution in [1.82, 2.24) is 5.32 Å². The fourth-order valence-corrected chi connectivity index (χ4v) is 2.04. The molecule has 0 bridgehead atoms. The summed E-state index contributed by atoms with van der Waals surface area (Å²) in [6, 6.07) is 6.31. The Bertz CT molecular complexity index is 322. The Morgan fingerprint density at radius 3 is 3.07 bits per heavy atom. The number of hydrogen-bond donors (Lipinski definition) is 3. The third-order valence-electron chi connectivity index (χ3n) is 2.83. The van der Waals surface area contributed by atoms with Gasteiger partial charge in [-0.3, -0.25) is 0 Å². The number of nitrogens with two attached hydrogens (primary N) is 2. The average molecular weight is 191 g/mol. The second kappa shape index (κ2) is 4.09. The molecule has 1 unspecified atom stereocenters. The molecule has 1 aliphatic heterocycles. The molecule has 76 valence electrons. The second-order valence-corrected chi connectivity index (χ2v) is 3.75. The highest BCUT2D eigenvalue weighted by atomic mass is 14.9. The molecule has 0 aliphatic carbocycles. The quantitative estimate of drug-likeness (QED) is 0.629. The van der Waals surface area contributed by atoms with E-state index in [0.29, 0.717) is 6.54 Å². The zero-order valence-corrected chi connectivity index (χ0v) is 8.29. The zero-order chi connectivity index (χ0) is 9.97. The van der Waals surface area contributed by atoms with Crippen LogP contribution in [0.1, 0.15) is 22.7 Å². The maximum atomic E-state index is 5.97. The van der Waals surface area contributed by atoms with Gasteiger partial charge in [-0.05, 0) is 29.7 Å². The molecule has 0 amide bonds. The summed E-state index contributed by atoms with van der Waals surface area (Å²) in [6.45, 7) is 2.52. The molecule has 1 atom stereocenters. The summed E-state index contributed by atoms with van der Waals surface area (Å²) in [5.74, 6) is 0. The maximum Gasteiger partial charge on any atom is 0.0422 e. The molecule has 1 aromatic rings. The summed E-state index contributed by atoms with van der Waals surface area (Å²) < 4.78 is 0. The highest BCUT2D eigenvalue weighted by Crippen LogP contribution is 2.22. The molecule has 0 fully saturated rings. The molecule has 3 heteroatoms. The van der Waals surface area contributed by atoms with Gasteiger partial charge in [0.05, 0.1) is 0 Å². The van der Waals surface area contributed by atoms with E-state index in [1.54, 1.807) is 0 Å². The summed E-state index contributed by atoms with van der Waals surface area (Å²) >= 11 is 0. The van der Waals surface area contributed by atoms with Crippen molar-refractivity contribution in [3.63, 3.8) is 0 Å². The van der Waals surface area contributed by atoms with Crippen LogP contribution >= 0.6 is 0 Å². The van der Waals surface area contributed by atoms with Gasteiger partial charge < -0.3 is 16.8 Å². The van der Waals surface area contributed by atoms with Gasteiger partial charge >= 0.3 is 0 Å². The molecular weight excluding hydrogens is 174 g/mol. The number of fused-ring (bicyclic) bond motifs is 1. The zero-order valence-electron chi connectivity index (χ0n) is 8.29. The van der Waals surface area contributed by atoms with Crippen LogP contribution in [0.5, 0.6) is 0 Å². The van der Waals surface area contributed by atoms with Crippen molar-refractivity contribution >= 4 is 0 Å². The predicted octanol–water partition coefficient (Wildman–Crippen LogP) is 0.291. The van der Waals surface area contributed by atoms with Crippen molar-refractivity contribution < 1.29 is 0 Å². The normalized spacial score (nSPS) is 17.6. The van der Waals surface area contributed by atoms with Crippen LogP contribution in [-0.2, 0) is 13.0 Å². The summed E-state index contributed by atoms with van der Waals surface area (Å²) in [4.78, 5) is 0. The first-order valence-electron chi connectivity index (χ1n) is 5.10. The molecule has 14 heavy (non-hydrogen) atoms. The Kier molecular flexibility index (Phi) is 2.82. The molecule has 0 spiro atoms. The maximum absolute atomic E-state index is 5.97. The van der Waals surface area contributed by atoms with E-state index in [2.05, 4.69) is 23.5 Å². The Morgan fingerprint density at radius 2 is 2.29 bits per heavy atom. The Labute approximate surface area is 84.5 Å². The minimum atomic E-state index is -0.0111. The molecule has 0 saturated carbocycles. The highest BCUT2D eigenvalue weighted by Gasteiger charge is 2.15. The third kappa shape index (κ3) is 1.66. The minimum absolute atomic E-state index is 0.0111. The highest BCUT2D eigenvalue weighted by molar-refractivity contribution is 5.38. The summed E-state index contributed by atoms with van der Waals surface area (Å²) in [5.41, 5.74) is 15.6. The average Bonchev–Trinajstić information content (AvgIpc) is 2.27. The van der Waals surface area contributed by atoms with E-state index in [-0.39, 0.29) is 6.04 Å². The van der Waals surface area contributed by atoms with Crippen molar-refractivity contribution in [2.24, 2.45) is 11.5 Å². The SMILES string of the molecule is NCC(N)c1cccc2c1CCNC2. The van der Waals surface area contributed by atoms with Crippen LogP contribution in [0, 0.1) is 0 Å². The molecular formula is C11H17N3. The molecule has 0 radical (unpaired) electrons. The number of hydrogen-bond acceptors (Lipinski definition) is 3. The van der Waals surface area contributed by atoms with Crippen LogP contribution < -0.4 is 16.8 Å². The fourth-order valence-electron chi connectivity index (χ4n) is 2.04. The predicted molar refractivity (Wildman–Crippen MR) is 57.8 cm³/mol. The Hall–Kier alpha value is -0.900. The fraction of sp³-hybridized carbons (Fsp3) is 0.455. The molecule has 2 rings (SSSR count). The largest absolute Gasteiger partial charge is 0.329 e. The topological polar surface area (TPSA) is 64.1 Å². The van der Waals surface area contributed by atoms with E-state index in [1.807, 2.05) is 0 Å². The number of nitrogens with one attached hydrogen (secondary N) is 1. The van der Waals surface area contributed by atoms with Crippen molar-refractivity contribution in [3.05, 3.63) is 34.9 Å². The molecule has 0 saturated heterocycles. The van der Waals surface area contributed by atoms with Gasteiger partial charge in [0, 0.05) is 19.1 Å². The first-order valence-corrected chi connectivity index (χ1v) is 5.10. The van der Waals surface area contributed by atoms with Gasteiger partial charge in [0.2, 0.25) is 0 Å². The van der Waals surface area contributed by atoms with E-state index in [9.17, 15) is 0 Å². The third-order valence-corrected chi connectivity index (χ3v) is 2.83. The lowest BCUT2D eigenvalue weighted by Crippen LogP contribution is -2.28. The first kappa shape index (κ1) is 9.65. The van der Waals surface area contributed by atoms with E-state index < -0.39 is 0 Å². The first-order chi connectivity index (χ1) is 6.83. The van der Waals surface area contributed by atoms with Gasteiger partial charge in [0.25, 0.3) is 0 Å². The van der Waals surface area contributed by atoms with Gasteiger partial charge in [-0.25, -0.2) is 0 Å². The van der Waals surface area contributed by atoms with Crippen LogP contribution in [0.4, 0.5) is 0 Å². The molecule has 5 N–H and O–H groups in total. The van der Waals surface area contributed by atoms with Crippen LogP contribution in [-0.4, -0.2) is 13.1 Å². The van der Waals surface area contributed by atoms with Crippen molar-refractivity contribution in [3.8, 4) is 0 Å². The molecule has 1 heterocycles. The number of rotatable bonds is 2. The lowest BCUT2D eigenvalue weighted by atomic mass is 9.92. The van der Waals surface area contributed by atoms with Crippen LogP contribution in [0.15, 0.2) is 18.2 Å². The Morgan fingerprint density at radius 1 is 1.43 bits per heavy atom. The molecule has 0 aromatic heterocycles. The molecule has 1 aliphatic rings. The van der Waals surface area contributed by atoms with Crippen molar-refractivity contribution in [2.45, 2.75) is 19.0 Å². The summed E-state index contributed by atoms with van der Waals surface area (Å²) in [6.07, 6.45) is 1.07. The van der Waals surface area contributed by atoms with E-state index in [4.69, 9.17) is 11.5 Å². The summed E-state index contributed by atoms with van der Waals surface area (Å²) in [5, 5.41) is 3.35. The smallest absolute Gasteiger partial charge is 0.0422 e. The van der Waals surface area contributed by atoms with Gasteiger partial charge in [-0.2, -0.15) is 0 Å². The lowest BCUT2D eigenvalue weighted by Gasteiger charge is -2.22. The van der Waals surface area contributed by atoms with Gasteiger partial charge in [0.15, 0.2) is 0 Å². The van der Waals surface area contributed by atoms with E-state index in [1.165, 1.54) is 16.7 Å². The van der Waals surface area contributed by atoms with Crippen molar-refractivity contribution in [2.75, 3.05) is 13.1 Å². The van der Waals surface area contributed by atoms with Crippen molar-refractivity contribution in [1.29, 1.82) is 0 Å². The molecule has 3 nitrogen and oxygen atoms in total. The van der Waals surface area contributed by atoms with Gasteiger partial charge in [0.1, 0.15) is 0 Å².